The van der Waals surface area contributed by atoms with Gasteiger partial charge in [0.15, 0.2) is 8.32 Å². The molecule has 156 valence electrons. The first-order valence-electron chi connectivity index (χ1n) is 10.0. The highest BCUT2D eigenvalue weighted by molar-refractivity contribution is 6.74. The molecular formula is C22H31ClN4OSi. The minimum Gasteiger partial charge on any atom is -0.412 e. The highest BCUT2D eigenvalue weighted by Gasteiger charge is 2.39. The predicted octanol–water partition coefficient (Wildman–Crippen LogP) is 5.70. The van der Waals surface area contributed by atoms with Gasteiger partial charge < -0.3 is 14.7 Å². The minimum atomic E-state index is -1.92. The molecule has 0 aliphatic rings. The Morgan fingerprint density at radius 3 is 2.48 bits per heavy atom. The van der Waals surface area contributed by atoms with Crippen LogP contribution in [0, 0.1) is 0 Å². The van der Waals surface area contributed by atoms with Gasteiger partial charge in [-0.1, -0.05) is 51.1 Å². The van der Waals surface area contributed by atoms with E-state index in [0.717, 1.165) is 28.6 Å². The quantitative estimate of drug-likeness (QED) is 0.385. The van der Waals surface area contributed by atoms with Crippen molar-refractivity contribution in [3.63, 3.8) is 0 Å². The van der Waals surface area contributed by atoms with Crippen molar-refractivity contribution in [3.05, 3.63) is 42.9 Å². The summed E-state index contributed by atoms with van der Waals surface area (Å²) < 4.78 is 8.84. The number of hydrogen-bond donors (Lipinski definition) is 1. The Hall–Kier alpha value is -1.89. The van der Waals surface area contributed by atoms with Gasteiger partial charge in [0.05, 0.1) is 11.5 Å². The van der Waals surface area contributed by atoms with Crippen molar-refractivity contribution in [3.8, 4) is 11.1 Å². The molecule has 0 spiro atoms. The van der Waals surface area contributed by atoms with Crippen LogP contribution in [0.2, 0.25) is 18.1 Å². The molecule has 0 radical (unpaired) electrons. The van der Waals surface area contributed by atoms with E-state index in [2.05, 4.69) is 66.7 Å². The zero-order valence-corrected chi connectivity index (χ0v) is 19.7. The Labute approximate surface area is 179 Å². The first-order chi connectivity index (χ1) is 13.6. The second-order valence-electron chi connectivity index (χ2n) is 9.00. The second kappa shape index (κ2) is 8.46. The van der Waals surface area contributed by atoms with E-state index >= 15 is 0 Å². The Balaban J connectivity index is 2.02. The third-order valence-corrected chi connectivity index (χ3v) is 10.6. The SMILES string of the molecule is CC(C)(C)[Si](C)(C)OC(CCCl)Cn1cc(-c2ccccc2)c2c(N)ncnc21. The zero-order valence-electron chi connectivity index (χ0n) is 17.9. The van der Waals surface area contributed by atoms with Gasteiger partial charge in [-0.15, -0.1) is 11.6 Å². The summed E-state index contributed by atoms with van der Waals surface area (Å²) in [5.41, 5.74) is 9.21. The van der Waals surface area contributed by atoms with Crippen LogP contribution in [0.5, 0.6) is 0 Å². The van der Waals surface area contributed by atoms with Crippen LogP contribution in [0.3, 0.4) is 0 Å². The van der Waals surface area contributed by atoms with E-state index in [9.17, 15) is 0 Å². The summed E-state index contributed by atoms with van der Waals surface area (Å²) in [4.78, 5) is 8.76. The Kier molecular flexibility index (Phi) is 6.36. The number of hydrogen-bond acceptors (Lipinski definition) is 4. The molecule has 0 aliphatic carbocycles. The lowest BCUT2D eigenvalue weighted by molar-refractivity contribution is 0.159. The largest absolute Gasteiger partial charge is 0.412 e. The van der Waals surface area contributed by atoms with Gasteiger partial charge in [-0.3, -0.25) is 0 Å². The number of nitrogen functional groups attached to an aromatic ring is 1. The van der Waals surface area contributed by atoms with Gasteiger partial charge in [0.25, 0.3) is 0 Å². The van der Waals surface area contributed by atoms with Gasteiger partial charge in [0.2, 0.25) is 0 Å². The molecule has 1 unspecified atom stereocenters. The fourth-order valence-corrected chi connectivity index (χ4v) is 4.87. The van der Waals surface area contributed by atoms with Crippen molar-refractivity contribution < 1.29 is 4.43 Å². The average molecular weight is 431 g/mol. The van der Waals surface area contributed by atoms with Gasteiger partial charge in [0.1, 0.15) is 17.8 Å². The molecule has 0 saturated heterocycles. The van der Waals surface area contributed by atoms with E-state index < -0.39 is 8.32 Å². The van der Waals surface area contributed by atoms with E-state index in [1.807, 2.05) is 18.2 Å². The lowest BCUT2D eigenvalue weighted by Crippen LogP contribution is -2.45. The number of nitrogens with two attached hydrogens (primary N) is 1. The van der Waals surface area contributed by atoms with E-state index in [-0.39, 0.29) is 11.1 Å². The number of anilines is 1. The van der Waals surface area contributed by atoms with Crippen molar-refractivity contribution in [1.82, 2.24) is 14.5 Å². The predicted molar refractivity (Wildman–Crippen MR) is 125 cm³/mol. The Morgan fingerprint density at radius 1 is 1.17 bits per heavy atom. The Bertz CT molecular complexity index is 966. The number of halogens is 1. The monoisotopic (exact) mass is 430 g/mol. The van der Waals surface area contributed by atoms with E-state index in [1.165, 1.54) is 6.33 Å². The lowest BCUT2D eigenvalue weighted by atomic mass is 10.1. The third kappa shape index (κ3) is 4.65. The molecule has 1 atom stereocenters. The van der Waals surface area contributed by atoms with Crippen LogP contribution in [0.25, 0.3) is 22.2 Å². The molecule has 7 heteroatoms. The summed E-state index contributed by atoms with van der Waals surface area (Å²) in [5.74, 6) is 1.05. The van der Waals surface area contributed by atoms with E-state index in [4.69, 9.17) is 21.8 Å². The summed E-state index contributed by atoms with van der Waals surface area (Å²) in [5, 5.41) is 1.02. The maximum absolute atomic E-state index is 6.70. The van der Waals surface area contributed by atoms with Crippen LogP contribution in [-0.4, -0.2) is 34.8 Å². The Morgan fingerprint density at radius 2 is 1.86 bits per heavy atom. The number of benzene rings is 1. The highest BCUT2D eigenvalue weighted by Crippen LogP contribution is 2.38. The van der Waals surface area contributed by atoms with Crippen LogP contribution < -0.4 is 5.73 Å². The summed E-state index contributed by atoms with van der Waals surface area (Å²) >= 11 is 6.13. The molecule has 3 aromatic rings. The molecule has 29 heavy (non-hydrogen) atoms. The summed E-state index contributed by atoms with van der Waals surface area (Å²) in [7, 11) is -1.92. The molecule has 0 amide bonds. The minimum absolute atomic E-state index is 0.0174. The van der Waals surface area contributed by atoms with Crippen molar-refractivity contribution >= 4 is 36.8 Å². The van der Waals surface area contributed by atoms with Crippen LogP contribution in [0.1, 0.15) is 27.2 Å². The molecule has 1 aromatic carbocycles. The first-order valence-corrected chi connectivity index (χ1v) is 13.5. The van der Waals surface area contributed by atoms with E-state index in [0.29, 0.717) is 18.2 Å². The number of aromatic nitrogens is 3. The van der Waals surface area contributed by atoms with Gasteiger partial charge in [-0.05, 0) is 30.1 Å². The number of alkyl halides is 1. The fourth-order valence-electron chi connectivity index (χ4n) is 3.24. The summed E-state index contributed by atoms with van der Waals surface area (Å²) in [6.45, 7) is 12.0. The summed E-state index contributed by atoms with van der Waals surface area (Å²) in [6.07, 6.45) is 4.44. The van der Waals surface area contributed by atoms with Gasteiger partial charge in [0, 0.05) is 24.2 Å². The molecule has 3 rings (SSSR count). The topological polar surface area (TPSA) is 66.0 Å². The van der Waals surface area contributed by atoms with Crippen molar-refractivity contribution in [2.45, 2.75) is 58.0 Å². The molecule has 0 saturated carbocycles. The average Bonchev–Trinajstić information content (AvgIpc) is 3.01. The van der Waals surface area contributed by atoms with Crippen molar-refractivity contribution in [1.29, 1.82) is 0 Å². The molecular weight excluding hydrogens is 400 g/mol. The second-order valence-corrected chi connectivity index (χ2v) is 14.1. The molecule has 2 heterocycles. The van der Waals surface area contributed by atoms with Crippen LogP contribution in [-0.2, 0) is 11.0 Å². The lowest BCUT2D eigenvalue weighted by Gasteiger charge is -2.39. The maximum Gasteiger partial charge on any atom is 0.192 e. The third-order valence-electron chi connectivity index (χ3n) is 5.87. The molecule has 0 aliphatic heterocycles. The van der Waals surface area contributed by atoms with E-state index in [1.54, 1.807) is 0 Å². The molecule has 0 bridgehead atoms. The van der Waals surface area contributed by atoms with Gasteiger partial charge >= 0.3 is 0 Å². The highest BCUT2D eigenvalue weighted by atomic mass is 35.5. The van der Waals surface area contributed by atoms with Crippen LogP contribution in [0.4, 0.5) is 5.82 Å². The number of nitrogens with zero attached hydrogens (tertiary/aromatic N) is 3. The van der Waals surface area contributed by atoms with Crippen LogP contribution >= 0.6 is 11.6 Å². The number of fused-ring (bicyclic) bond motifs is 1. The number of rotatable bonds is 7. The first kappa shape index (κ1) is 21.8. The standard InChI is InChI=1S/C22H31ClN4OSi/c1-22(2,3)29(4,5)28-17(11-12-23)13-27-14-18(16-9-7-6-8-10-16)19-20(24)25-15-26-21(19)27/h6-10,14-15,17H,11-13H2,1-5H3,(H2,24,25,26). The smallest absolute Gasteiger partial charge is 0.192 e. The summed E-state index contributed by atoms with van der Waals surface area (Å²) in [6, 6.07) is 10.2. The molecule has 0 fully saturated rings. The van der Waals surface area contributed by atoms with Crippen molar-refractivity contribution in [2.24, 2.45) is 0 Å². The molecule has 5 nitrogen and oxygen atoms in total. The zero-order chi connectivity index (χ0) is 21.2. The van der Waals surface area contributed by atoms with Crippen molar-refractivity contribution in [2.75, 3.05) is 11.6 Å². The molecule has 2 aromatic heterocycles. The van der Waals surface area contributed by atoms with Crippen LogP contribution in [0.15, 0.2) is 42.9 Å². The fraction of sp³-hybridized carbons (Fsp3) is 0.455. The van der Waals surface area contributed by atoms with Gasteiger partial charge in [-0.2, -0.15) is 0 Å². The molecule has 2 N–H and O–H groups in total. The van der Waals surface area contributed by atoms with Gasteiger partial charge in [-0.25, -0.2) is 9.97 Å². The normalized spacial score (nSPS) is 13.7. The maximum atomic E-state index is 6.70.